The van der Waals surface area contributed by atoms with Crippen LogP contribution in [0.2, 0.25) is 0 Å². The molecule has 0 bridgehead atoms. The minimum absolute atomic E-state index is 0.276. The molecule has 0 unspecified atom stereocenters. The standard InChI is InChI=1S/C15H21NO5/c1-5-6-16-14(17)9-21-15(18)11-7-12(19-3)10(2)13(8-11)20-4/h7-8H,5-6,9H2,1-4H3,(H,16,17). The van der Waals surface area contributed by atoms with Gasteiger partial charge in [0, 0.05) is 12.1 Å². The Labute approximate surface area is 124 Å². The van der Waals surface area contributed by atoms with Gasteiger partial charge in [-0.15, -0.1) is 0 Å². The van der Waals surface area contributed by atoms with Gasteiger partial charge in [-0.1, -0.05) is 6.92 Å². The van der Waals surface area contributed by atoms with Gasteiger partial charge >= 0.3 is 5.97 Å². The Morgan fingerprint density at radius 2 is 1.71 bits per heavy atom. The Hall–Kier alpha value is -2.24. The van der Waals surface area contributed by atoms with Crippen LogP contribution in [0.15, 0.2) is 12.1 Å². The maximum Gasteiger partial charge on any atom is 0.338 e. The highest BCUT2D eigenvalue weighted by Gasteiger charge is 2.15. The number of rotatable bonds is 7. The normalized spacial score (nSPS) is 9.90. The third-order valence-corrected chi connectivity index (χ3v) is 2.89. The second-order valence-corrected chi connectivity index (χ2v) is 4.43. The van der Waals surface area contributed by atoms with Crippen molar-refractivity contribution in [3.63, 3.8) is 0 Å². The lowest BCUT2D eigenvalue weighted by Gasteiger charge is -2.12. The lowest BCUT2D eigenvalue weighted by Crippen LogP contribution is -2.29. The molecule has 6 heteroatoms. The van der Waals surface area contributed by atoms with Gasteiger partial charge in [-0.2, -0.15) is 0 Å². The highest BCUT2D eigenvalue weighted by molar-refractivity contribution is 5.92. The highest BCUT2D eigenvalue weighted by Crippen LogP contribution is 2.29. The van der Waals surface area contributed by atoms with E-state index >= 15 is 0 Å². The number of ether oxygens (including phenoxy) is 3. The van der Waals surface area contributed by atoms with Gasteiger partial charge in [0.15, 0.2) is 6.61 Å². The number of hydrogen-bond donors (Lipinski definition) is 1. The largest absolute Gasteiger partial charge is 0.496 e. The number of methoxy groups -OCH3 is 2. The smallest absolute Gasteiger partial charge is 0.338 e. The molecule has 0 aliphatic carbocycles. The first-order chi connectivity index (χ1) is 10.0. The van der Waals surface area contributed by atoms with Gasteiger partial charge in [0.05, 0.1) is 19.8 Å². The van der Waals surface area contributed by atoms with Crippen molar-refractivity contribution < 1.29 is 23.8 Å². The Morgan fingerprint density at radius 3 is 2.19 bits per heavy atom. The van der Waals surface area contributed by atoms with Crippen LogP contribution in [-0.4, -0.2) is 39.2 Å². The number of carbonyl (C=O) groups excluding carboxylic acids is 2. The van der Waals surface area contributed by atoms with E-state index in [-0.39, 0.29) is 18.1 Å². The summed E-state index contributed by atoms with van der Waals surface area (Å²) in [5.41, 5.74) is 1.06. The quantitative estimate of drug-likeness (QED) is 0.775. The maximum absolute atomic E-state index is 12.0. The van der Waals surface area contributed by atoms with Crippen molar-refractivity contribution in [3.05, 3.63) is 23.3 Å². The minimum atomic E-state index is -0.599. The van der Waals surface area contributed by atoms with Crippen molar-refractivity contribution in [2.45, 2.75) is 20.3 Å². The molecule has 1 amide bonds. The van der Waals surface area contributed by atoms with Crippen molar-refractivity contribution in [1.82, 2.24) is 5.32 Å². The van der Waals surface area contributed by atoms with E-state index in [4.69, 9.17) is 14.2 Å². The third kappa shape index (κ3) is 4.66. The summed E-state index contributed by atoms with van der Waals surface area (Å²) in [6, 6.07) is 3.12. The summed E-state index contributed by atoms with van der Waals surface area (Å²) in [5.74, 6) is 0.128. The summed E-state index contributed by atoms with van der Waals surface area (Å²) in [5, 5.41) is 2.63. The monoisotopic (exact) mass is 295 g/mol. The van der Waals surface area contributed by atoms with E-state index in [0.717, 1.165) is 12.0 Å². The zero-order valence-electron chi connectivity index (χ0n) is 12.8. The second-order valence-electron chi connectivity index (χ2n) is 4.43. The number of esters is 1. The van der Waals surface area contributed by atoms with E-state index in [9.17, 15) is 9.59 Å². The fraction of sp³-hybridized carbons (Fsp3) is 0.467. The van der Waals surface area contributed by atoms with Gasteiger partial charge in [0.25, 0.3) is 5.91 Å². The van der Waals surface area contributed by atoms with Crippen LogP contribution in [0.25, 0.3) is 0 Å². The zero-order valence-corrected chi connectivity index (χ0v) is 12.8. The lowest BCUT2D eigenvalue weighted by molar-refractivity contribution is -0.124. The Bertz CT molecular complexity index is 488. The van der Waals surface area contributed by atoms with Gasteiger partial charge in [-0.3, -0.25) is 4.79 Å². The van der Waals surface area contributed by atoms with Crippen LogP contribution >= 0.6 is 0 Å². The minimum Gasteiger partial charge on any atom is -0.496 e. The molecule has 0 atom stereocenters. The molecule has 1 aromatic carbocycles. The summed E-state index contributed by atoms with van der Waals surface area (Å²) >= 11 is 0. The van der Waals surface area contributed by atoms with Crippen molar-refractivity contribution in [3.8, 4) is 11.5 Å². The van der Waals surface area contributed by atoms with Crippen LogP contribution in [0.1, 0.15) is 29.3 Å². The van der Waals surface area contributed by atoms with Gasteiger partial charge in [0.1, 0.15) is 11.5 Å². The molecule has 0 aromatic heterocycles. The molecule has 21 heavy (non-hydrogen) atoms. The van der Waals surface area contributed by atoms with Gasteiger partial charge in [0.2, 0.25) is 0 Å². The van der Waals surface area contributed by atoms with Gasteiger partial charge < -0.3 is 19.5 Å². The average Bonchev–Trinajstić information content (AvgIpc) is 2.50. The molecule has 116 valence electrons. The highest BCUT2D eigenvalue weighted by atomic mass is 16.5. The molecule has 1 rings (SSSR count). The summed E-state index contributed by atoms with van der Waals surface area (Å²) in [4.78, 5) is 23.4. The number of carbonyl (C=O) groups is 2. The third-order valence-electron chi connectivity index (χ3n) is 2.89. The Kier molecular flexibility index (Phi) is 6.52. The number of hydrogen-bond acceptors (Lipinski definition) is 5. The predicted molar refractivity (Wildman–Crippen MR) is 77.9 cm³/mol. The molecular formula is C15H21NO5. The first kappa shape index (κ1) is 16.8. The summed E-state index contributed by atoms with van der Waals surface area (Å²) in [7, 11) is 3.02. The van der Waals surface area contributed by atoms with E-state index in [2.05, 4.69) is 5.32 Å². The molecule has 0 aliphatic heterocycles. The van der Waals surface area contributed by atoms with E-state index in [1.54, 1.807) is 12.1 Å². The SMILES string of the molecule is CCCNC(=O)COC(=O)c1cc(OC)c(C)c(OC)c1. The van der Waals surface area contributed by atoms with Gasteiger partial charge in [-0.05, 0) is 25.5 Å². The molecule has 0 saturated carbocycles. The fourth-order valence-corrected chi connectivity index (χ4v) is 1.73. The topological polar surface area (TPSA) is 73.9 Å². The Balaban J connectivity index is 2.76. The summed E-state index contributed by atoms with van der Waals surface area (Å²) < 4.78 is 15.3. The maximum atomic E-state index is 12.0. The van der Waals surface area contributed by atoms with E-state index in [1.165, 1.54) is 14.2 Å². The van der Waals surface area contributed by atoms with Crippen LogP contribution < -0.4 is 14.8 Å². The summed E-state index contributed by atoms with van der Waals surface area (Å²) in [6.07, 6.45) is 0.825. The van der Waals surface area contributed by atoms with Crippen LogP contribution in [-0.2, 0) is 9.53 Å². The molecule has 0 saturated heterocycles. The molecule has 6 nitrogen and oxygen atoms in total. The van der Waals surface area contributed by atoms with Gasteiger partial charge in [-0.25, -0.2) is 4.79 Å². The first-order valence-electron chi connectivity index (χ1n) is 6.69. The molecule has 0 spiro atoms. The molecule has 0 aliphatic rings. The van der Waals surface area contributed by atoms with Crippen molar-refractivity contribution in [1.29, 1.82) is 0 Å². The van der Waals surface area contributed by atoms with Crippen LogP contribution in [0.3, 0.4) is 0 Å². The second kappa shape index (κ2) is 8.14. The van der Waals surface area contributed by atoms with Crippen molar-refractivity contribution in [2.24, 2.45) is 0 Å². The first-order valence-corrected chi connectivity index (χ1v) is 6.69. The van der Waals surface area contributed by atoms with Crippen molar-refractivity contribution in [2.75, 3.05) is 27.4 Å². The predicted octanol–water partition coefficient (Wildman–Crippen LogP) is 1.70. The molecule has 0 radical (unpaired) electrons. The van der Waals surface area contributed by atoms with E-state index < -0.39 is 5.97 Å². The lowest BCUT2D eigenvalue weighted by atomic mass is 10.1. The Morgan fingerprint density at radius 1 is 1.14 bits per heavy atom. The average molecular weight is 295 g/mol. The zero-order chi connectivity index (χ0) is 15.8. The van der Waals surface area contributed by atoms with Crippen molar-refractivity contribution >= 4 is 11.9 Å². The van der Waals surface area contributed by atoms with Crippen LogP contribution in [0.4, 0.5) is 0 Å². The molecule has 0 heterocycles. The molecule has 0 fully saturated rings. The van der Waals surface area contributed by atoms with E-state index in [1.807, 2.05) is 13.8 Å². The number of nitrogens with one attached hydrogen (secondary N) is 1. The fourth-order valence-electron chi connectivity index (χ4n) is 1.73. The van der Waals surface area contributed by atoms with E-state index in [0.29, 0.717) is 18.0 Å². The number of amides is 1. The van der Waals surface area contributed by atoms with Crippen LogP contribution in [0, 0.1) is 6.92 Å². The molecular weight excluding hydrogens is 274 g/mol. The summed E-state index contributed by atoms with van der Waals surface area (Å²) in [6.45, 7) is 4.02. The number of benzene rings is 1. The molecule has 1 N–H and O–H groups in total. The molecule has 1 aromatic rings. The van der Waals surface area contributed by atoms with Crippen LogP contribution in [0.5, 0.6) is 11.5 Å².